The predicted octanol–water partition coefficient (Wildman–Crippen LogP) is 2.89. The number of nitrogens with zero attached hydrogens (tertiary/aromatic N) is 1. The molecule has 0 bridgehead atoms. The highest BCUT2D eigenvalue weighted by Crippen LogP contribution is 2.20. The number of hydrogen-bond donors (Lipinski definition) is 1. The Labute approximate surface area is 102 Å². The van der Waals surface area contributed by atoms with Gasteiger partial charge in [-0.05, 0) is 58.7 Å². The smallest absolute Gasteiger partial charge is 0.00704 e. The summed E-state index contributed by atoms with van der Waals surface area (Å²) < 4.78 is 0. The van der Waals surface area contributed by atoms with Gasteiger partial charge in [0, 0.05) is 12.1 Å². The number of hydrogen-bond acceptors (Lipinski definition) is 2. The summed E-state index contributed by atoms with van der Waals surface area (Å²) in [5, 5.41) is 3.76. The molecule has 96 valence electrons. The molecule has 0 radical (unpaired) electrons. The van der Waals surface area contributed by atoms with Crippen LogP contribution in [0.15, 0.2) is 0 Å². The summed E-state index contributed by atoms with van der Waals surface area (Å²) in [6, 6.07) is 1.38. The lowest BCUT2D eigenvalue weighted by Crippen LogP contribution is -2.44. The highest BCUT2D eigenvalue weighted by atomic mass is 15.1. The van der Waals surface area contributed by atoms with Crippen molar-refractivity contribution in [3.63, 3.8) is 0 Å². The third-order valence-electron chi connectivity index (χ3n) is 4.06. The second-order valence-electron chi connectivity index (χ2n) is 5.42. The third-order valence-corrected chi connectivity index (χ3v) is 4.06. The van der Waals surface area contributed by atoms with Gasteiger partial charge in [0.25, 0.3) is 0 Å². The summed E-state index contributed by atoms with van der Waals surface area (Å²) >= 11 is 0. The molecule has 0 amide bonds. The van der Waals surface area contributed by atoms with Gasteiger partial charge in [-0.1, -0.05) is 20.3 Å². The molecular formula is C14H30N2. The Morgan fingerprint density at radius 3 is 2.31 bits per heavy atom. The van der Waals surface area contributed by atoms with E-state index in [1.165, 1.54) is 45.3 Å². The first-order valence-corrected chi connectivity index (χ1v) is 7.15. The number of likely N-dealkylation sites (tertiary alicyclic amines) is 1. The van der Waals surface area contributed by atoms with Crippen molar-refractivity contribution in [1.82, 2.24) is 10.2 Å². The Hall–Kier alpha value is -0.0800. The van der Waals surface area contributed by atoms with Crippen molar-refractivity contribution in [2.45, 2.75) is 65.5 Å². The standard InChI is InChI=1S/C14H30N2/c1-5-7-12(3)15-13(4)14-8-10-16(6-2)11-9-14/h12-15H,5-11H2,1-4H3. The Balaban J connectivity index is 2.24. The molecule has 2 unspecified atom stereocenters. The molecule has 1 aliphatic rings. The van der Waals surface area contributed by atoms with Crippen LogP contribution in [0.5, 0.6) is 0 Å². The van der Waals surface area contributed by atoms with Crippen molar-refractivity contribution in [1.29, 1.82) is 0 Å². The SMILES string of the molecule is CCCC(C)NC(C)C1CCN(CC)CC1. The van der Waals surface area contributed by atoms with Crippen LogP contribution in [0.2, 0.25) is 0 Å². The molecule has 1 fully saturated rings. The van der Waals surface area contributed by atoms with E-state index in [0.29, 0.717) is 12.1 Å². The lowest BCUT2D eigenvalue weighted by atomic mass is 9.90. The molecule has 0 aromatic rings. The molecule has 0 aromatic heterocycles. The van der Waals surface area contributed by atoms with Crippen molar-refractivity contribution in [2.24, 2.45) is 5.92 Å². The monoisotopic (exact) mass is 226 g/mol. The maximum Gasteiger partial charge on any atom is 0.00704 e. The molecule has 0 saturated carbocycles. The highest BCUT2D eigenvalue weighted by molar-refractivity contribution is 4.80. The van der Waals surface area contributed by atoms with E-state index >= 15 is 0 Å². The molecular weight excluding hydrogens is 196 g/mol. The van der Waals surface area contributed by atoms with Crippen LogP contribution in [0.4, 0.5) is 0 Å². The summed E-state index contributed by atoms with van der Waals surface area (Å²) in [6.07, 6.45) is 5.34. The quantitative estimate of drug-likeness (QED) is 0.749. The summed E-state index contributed by atoms with van der Waals surface area (Å²) in [5.41, 5.74) is 0. The molecule has 2 atom stereocenters. The molecule has 1 N–H and O–H groups in total. The first kappa shape index (κ1) is 14.0. The van der Waals surface area contributed by atoms with Crippen LogP contribution in [0.25, 0.3) is 0 Å². The van der Waals surface area contributed by atoms with Gasteiger partial charge in [-0.3, -0.25) is 0 Å². The van der Waals surface area contributed by atoms with E-state index in [4.69, 9.17) is 0 Å². The molecule has 0 aliphatic carbocycles. The normalized spacial score (nSPS) is 23.2. The first-order valence-electron chi connectivity index (χ1n) is 7.15. The number of rotatable bonds is 6. The van der Waals surface area contributed by atoms with E-state index in [1.807, 2.05) is 0 Å². The van der Waals surface area contributed by atoms with Crippen LogP contribution in [-0.4, -0.2) is 36.6 Å². The van der Waals surface area contributed by atoms with Gasteiger partial charge in [0.2, 0.25) is 0 Å². The third kappa shape index (κ3) is 4.42. The van der Waals surface area contributed by atoms with Crippen LogP contribution in [0, 0.1) is 5.92 Å². The van der Waals surface area contributed by atoms with Gasteiger partial charge in [0.15, 0.2) is 0 Å². The average molecular weight is 226 g/mol. The van der Waals surface area contributed by atoms with Gasteiger partial charge in [0.1, 0.15) is 0 Å². The molecule has 1 aliphatic heterocycles. The van der Waals surface area contributed by atoms with Crippen LogP contribution in [0.1, 0.15) is 53.4 Å². The van der Waals surface area contributed by atoms with E-state index in [1.54, 1.807) is 0 Å². The molecule has 0 aromatic carbocycles. The molecule has 2 heteroatoms. The lowest BCUT2D eigenvalue weighted by Gasteiger charge is -2.35. The Kier molecular flexibility index (Phi) is 6.37. The minimum absolute atomic E-state index is 0.684. The molecule has 2 nitrogen and oxygen atoms in total. The maximum atomic E-state index is 3.76. The van der Waals surface area contributed by atoms with Crippen molar-refractivity contribution >= 4 is 0 Å². The second-order valence-corrected chi connectivity index (χ2v) is 5.42. The van der Waals surface area contributed by atoms with Crippen molar-refractivity contribution < 1.29 is 0 Å². The summed E-state index contributed by atoms with van der Waals surface area (Å²) in [6.45, 7) is 13.1. The fraction of sp³-hybridized carbons (Fsp3) is 1.00. The largest absolute Gasteiger partial charge is 0.312 e. The topological polar surface area (TPSA) is 15.3 Å². The summed E-state index contributed by atoms with van der Waals surface area (Å²) in [7, 11) is 0. The number of nitrogens with one attached hydrogen (secondary N) is 1. The predicted molar refractivity (Wildman–Crippen MR) is 71.8 cm³/mol. The van der Waals surface area contributed by atoms with Gasteiger partial charge in [-0.2, -0.15) is 0 Å². The van der Waals surface area contributed by atoms with Crippen LogP contribution in [0.3, 0.4) is 0 Å². The fourth-order valence-corrected chi connectivity index (χ4v) is 2.87. The van der Waals surface area contributed by atoms with Crippen LogP contribution < -0.4 is 5.32 Å². The van der Waals surface area contributed by atoms with Gasteiger partial charge in [0.05, 0.1) is 0 Å². The van der Waals surface area contributed by atoms with Gasteiger partial charge in [-0.25, -0.2) is 0 Å². The second kappa shape index (κ2) is 7.29. The zero-order chi connectivity index (χ0) is 12.0. The van der Waals surface area contributed by atoms with Crippen LogP contribution >= 0.6 is 0 Å². The van der Waals surface area contributed by atoms with E-state index in [9.17, 15) is 0 Å². The maximum absolute atomic E-state index is 3.76. The van der Waals surface area contributed by atoms with E-state index < -0.39 is 0 Å². The molecule has 16 heavy (non-hydrogen) atoms. The first-order chi connectivity index (χ1) is 7.67. The van der Waals surface area contributed by atoms with E-state index in [2.05, 4.69) is 37.9 Å². The minimum atomic E-state index is 0.684. The molecule has 0 spiro atoms. The van der Waals surface area contributed by atoms with Crippen LogP contribution in [-0.2, 0) is 0 Å². The van der Waals surface area contributed by atoms with E-state index in [-0.39, 0.29) is 0 Å². The summed E-state index contributed by atoms with van der Waals surface area (Å²) in [5.74, 6) is 0.891. The fourth-order valence-electron chi connectivity index (χ4n) is 2.87. The van der Waals surface area contributed by atoms with Crippen molar-refractivity contribution in [3.05, 3.63) is 0 Å². The van der Waals surface area contributed by atoms with Gasteiger partial charge >= 0.3 is 0 Å². The Morgan fingerprint density at radius 1 is 1.19 bits per heavy atom. The van der Waals surface area contributed by atoms with E-state index in [0.717, 1.165) is 5.92 Å². The molecule has 1 rings (SSSR count). The zero-order valence-electron chi connectivity index (χ0n) is 11.6. The Morgan fingerprint density at radius 2 is 1.81 bits per heavy atom. The van der Waals surface area contributed by atoms with Crippen molar-refractivity contribution in [3.8, 4) is 0 Å². The summed E-state index contributed by atoms with van der Waals surface area (Å²) in [4.78, 5) is 2.57. The average Bonchev–Trinajstić information content (AvgIpc) is 2.29. The van der Waals surface area contributed by atoms with Crippen molar-refractivity contribution in [2.75, 3.05) is 19.6 Å². The minimum Gasteiger partial charge on any atom is -0.312 e. The molecule has 1 saturated heterocycles. The lowest BCUT2D eigenvalue weighted by molar-refractivity contribution is 0.164. The highest BCUT2D eigenvalue weighted by Gasteiger charge is 2.23. The van der Waals surface area contributed by atoms with Gasteiger partial charge < -0.3 is 10.2 Å². The van der Waals surface area contributed by atoms with Gasteiger partial charge in [-0.15, -0.1) is 0 Å². The molecule has 1 heterocycles. The number of piperidine rings is 1. The Bertz CT molecular complexity index is 174. The zero-order valence-corrected chi connectivity index (χ0v) is 11.6.